The van der Waals surface area contributed by atoms with E-state index in [1.165, 1.54) is 11.3 Å². The minimum atomic E-state index is 0. The molecule has 0 fully saturated rings. The highest BCUT2D eigenvalue weighted by atomic mass is 127. The topological polar surface area (TPSA) is 44.2 Å². The fraction of sp³-hybridized carbons (Fsp3) is 0.235. The number of hydrazine groups is 1. The molecule has 2 aromatic carbocycles. The fourth-order valence-electron chi connectivity index (χ4n) is 2.42. The molecule has 0 spiro atoms. The van der Waals surface area contributed by atoms with Crippen molar-refractivity contribution in [1.29, 1.82) is 0 Å². The molecule has 0 amide bonds. The second-order valence-corrected chi connectivity index (χ2v) is 5.32. The molecule has 0 aromatic heterocycles. The van der Waals surface area contributed by atoms with Crippen LogP contribution in [-0.4, -0.2) is 17.5 Å². The third kappa shape index (κ3) is 3.85. The quantitative estimate of drug-likeness (QED) is 0.406. The number of rotatable bonds is 3. The van der Waals surface area contributed by atoms with Gasteiger partial charge in [-0.15, -0.1) is 0 Å². The van der Waals surface area contributed by atoms with Crippen LogP contribution < -0.4 is 34.8 Å². The maximum absolute atomic E-state index is 4.78. The van der Waals surface area contributed by atoms with E-state index < -0.39 is 0 Å². The number of aryl methyl sites for hydroxylation is 1. The first-order valence-corrected chi connectivity index (χ1v) is 7.39. The van der Waals surface area contributed by atoms with Gasteiger partial charge in [-0.3, -0.25) is 5.43 Å². The van der Waals surface area contributed by atoms with Crippen LogP contribution in [0.25, 0.3) is 0 Å². The lowest BCUT2D eigenvalue weighted by Crippen LogP contribution is -3.00. The summed E-state index contributed by atoms with van der Waals surface area (Å²) in [6.07, 6.45) is 1.09. The Morgan fingerprint density at radius 1 is 1.09 bits per heavy atom. The number of hydrogen-bond acceptors (Lipinski definition) is 2. The van der Waals surface area contributed by atoms with Crippen LogP contribution in [0.4, 0.5) is 11.4 Å². The van der Waals surface area contributed by atoms with Crippen molar-refractivity contribution in [3.63, 3.8) is 0 Å². The predicted molar refractivity (Wildman–Crippen MR) is 85.5 cm³/mol. The van der Waals surface area contributed by atoms with Crippen molar-refractivity contribution in [1.82, 2.24) is 10.5 Å². The van der Waals surface area contributed by atoms with Gasteiger partial charge in [0.25, 0.3) is 0 Å². The lowest BCUT2D eigenvalue weighted by atomic mass is 10.1. The summed E-state index contributed by atoms with van der Waals surface area (Å²) in [4.78, 5) is 4.78. The summed E-state index contributed by atoms with van der Waals surface area (Å²) in [6.45, 7) is 5.22. The first kappa shape index (κ1) is 16.9. The number of nitrogens with zero attached hydrogens (tertiary/aromatic N) is 2. The standard InChI is InChI=1S/C17H20N4.HI/c1-3-12-21-19-16-7-5-4-6-15(16)17(20-21)18-14-10-8-13(2)9-11-14;/h4-11,19H,3,12H2,1-2H3,(H,18,20);1H. The van der Waals surface area contributed by atoms with Crippen LogP contribution in [0.5, 0.6) is 0 Å². The van der Waals surface area contributed by atoms with Crippen molar-refractivity contribution >= 4 is 17.2 Å². The van der Waals surface area contributed by atoms with E-state index in [-0.39, 0.29) is 24.0 Å². The van der Waals surface area contributed by atoms with Crippen LogP contribution in [0.2, 0.25) is 0 Å². The molecule has 22 heavy (non-hydrogen) atoms. The van der Waals surface area contributed by atoms with E-state index >= 15 is 0 Å². The Bertz CT molecular complexity index is 652. The van der Waals surface area contributed by atoms with Gasteiger partial charge in [-0.2, -0.15) is 0 Å². The van der Waals surface area contributed by atoms with Crippen molar-refractivity contribution < 1.29 is 29.4 Å². The second-order valence-electron chi connectivity index (χ2n) is 5.32. The summed E-state index contributed by atoms with van der Waals surface area (Å²) in [6, 6.07) is 16.6. The first-order valence-electron chi connectivity index (χ1n) is 7.39. The van der Waals surface area contributed by atoms with E-state index in [0.717, 1.165) is 30.1 Å². The summed E-state index contributed by atoms with van der Waals surface area (Å²) in [5.74, 6) is 0.908. The Morgan fingerprint density at radius 2 is 1.82 bits per heavy atom. The van der Waals surface area contributed by atoms with Gasteiger partial charge in [-0.25, -0.2) is 10.4 Å². The van der Waals surface area contributed by atoms with Crippen molar-refractivity contribution in [3.05, 3.63) is 59.7 Å². The molecule has 0 saturated carbocycles. The number of benzene rings is 2. The van der Waals surface area contributed by atoms with Gasteiger partial charge in [0, 0.05) is 6.07 Å². The van der Waals surface area contributed by atoms with Gasteiger partial charge in [-0.05, 0) is 31.5 Å². The molecular formula is C17H21IN4. The monoisotopic (exact) mass is 408 g/mol. The van der Waals surface area contributed by atoms with Crippen LogP contribution >= 0.6 is 0 Å². The van der Waals surface area contributed by atoms with Crippen molar-refractivity contribution in [2.75, 3.05) is 6.54 Å². The summed E-state index contributed by atoms with van der Waals surface area (Å²) < 4.78 is 0. The minimum Gasteiger partial charge on any atom is -1.00 e. The maximum Gasteiger partial charge on any atom is 0.161 e. The summed E-state index contributed by atoms with van der Waals surface area (Å²) in [5, 5.41) is 2.11. The second kappa shape index (κ2) is 7.71. The molecule has 0 aliphatic carbocycles. The first-order chi connectivity index (χ1) is 10.3. The molecule has 4 nitrogen and oxygen atoms in total. The van der Waals surface area contributed by atoms with Gasteiger partial charge in [-0.1, -0.05) is 41.9 Å². The third-order valence-corrected chi connectivity index (χ3v) is 3.50. The zero-order chi connectivity index (χ0) is 14.7. The number of nitrogens with two attached hydrogens (primary N) is 1. The van der Waals surface area contributed by atoms with Crippen molar-refractivity contribution in [2.24, 2.45) is 4.99 Å². The third-order valence-electron chi connectivity index (χ3n) is 3.50. The number of aliphatic imine (C=N–C) groups is 1. The minimum absolute atomic E-state index is 0. The van der Waals surface area contributed by atoms with E-state index in [4.69, 9.17) is 4.99 Å². The molecule has 1 aliphatic heterocycles. The molecule has 1 heterocycles. The fourth-order valence-corrected chi connectivity index (χ4v) is 2.42. The van der Waals surface area contributed by atoms with Gasteiger partial charge in [0.15, 0.2) is 11.5 Å². The molecule has 0 radical (unpaired) electrons. The van der Waals surface area contributed by atoms with Crippen LogP contribution in [-0.2, 0) is 0 Å². The average Bonchev–Trinajstić information content (AvgIpc) is 2.50. The van der Waals surface area contributed by atoms with Gasteiger partial charge in [0.05, 0.1) is 17.8 Å². The molecule has 1 aliphatic rings. The Kier molecular flexibility index (Phi) is 5.93. The lowest BCUT2D eigenvalue weighted by molar-refractivity contribution is -0.750. The molecule has 2 aromatic rings. The summed E-state index contributed by atoms with van der Waals surface area (Å²) in [7, 11) is 0. The van der Waals surface area contributed by atoms with Gasteiger partial charge >= 0.3 is 0 Å². The Balaban J connectivity index is 0.00000176. The van der Waals surface area contributed by atoms with E-state index in [0.29, 0.717) is 0 Å². The molecule has 5 heteroatoms. The molecule has 116 valence electrons. The average molecular weight is 408 g/mol. The summed E-state index contributed by atoms with van der Waals surface area (Å²) >= 11 is 0. The molecule has 0 bridgehead atoms. The van der Waals surface area contributed by atoms with E-state index in [1.807, 2.05) is 0 Å². The highest BCUT2D eigenvalue weighted by Crippen LogP contribution is 2.18. The molecule has 0 unspecified atom stereocenters. The van der Waals surface area contributed by atoms with Crippen molar-refractivity contribution in [3.8, 4) is 0 Å². The van der Waals surface area contributed by atoms with E-state index in [1.54, 1.807) is 0 Å². The Labute approximate surface area is 148 Å². The largest absolute Gasteiger partial charge is 1.00 e. The highest BCUT2D eigenvalue weighted by molar-refractivity contribution is 6.03. The molecule has 0 atom stereocenters. The van der Waals surface area contributed by atoms with Crippen LogP contribution in [0.15, 0.2) is 53.5 Å². The predicted octanol–water partition coefficient (Wildman–Crippen LogP) is -0.583. The van der Waals surface area contributed by atoms with E-state index in [9.17, 15) is 0 Å². The SMILES string of the molecule is CCCN1NC(=Nc2ccc(C)cc2)c2ccccc2[NH2+]1.[I-]. The van der Waals surface area contributed by atoms with Gasteiger partial charge < -0.3 is 24.0 Å². The molecule has 0 saturated heterocycles. The Hall–Kier alpha value is -1.44. The molecule has 3 rings (SSSR count). The van der Waals surface area contributed by atoms with Crippen LogP contribution in [0.1, 0.15) is 24.5 Å². The Morgan fingerprint density at radius 3 is 2.55 bits per heavy atom. The summed E-state index contributed by atoms with van der Waals surface area (Å²) in [5.41, 5.74) is 10.1. The number of nitrogens with one attached hydrogen (secondary N) is 1. The van der Waals surface area contributed by atoms with Gasteiger partial charge in [0.1, 0.15) is 0 Å². The van der Waals surface area contributed by atoms with Crippen molar-refractivity contribution in [2.45, 2.75) is 20.3 Å². The number of halogens is 1. The molecule has 3 N–H and O–H groups in total. The van der Waals surface area contributed by atoms with Crippen LogP contribution in [0, 0.1) is 6.92 Å². The number of quaternary nitrogens is 1. The zero-order valence-corrected chi connectivity index (χ0v) is 15.0. The number of amidine groups is 1. The number of hydrogen-bond donors (Lipinski definition) is 2. The number of fused-ring (bicyclic) bond motifs is 1. The van der Waals surface area contributed by atoms with E-state index in [2.05, 4.69) is 78.3 Å². The normalized spacial score (nSPS) is 15.8. The van der Waals surface area contributed by atoms with Crippen LogP contribution in [0.3, 0.4) is 0 Å². The lowest BCUT2D eigenvalue weighted by Gasteiger charge is -2.27. The van der Waals surface area contributed by atoms with Gasteiger partial charge in [0.2, 0.25) is 0 Å². The highest BCUT2D eigenvalue weighted by Gasteiger charge is 2.23. The molecular weight excluding hydrogens is 387 g/mol. The zero-order valence-electron chi connectivity index (χ0n) is 12.9. The smallest absolute Gasteiger partial charge is 0.161 e. The maximum atomic E-state index is 4.78.